The minimum absolute atomic E-state index is 0.248. The van der Waals surface area contributed by atoms with E-state index in [-0.39, 0.29) is 11.1 Å². The molecule has 0 spiro atoms. The second-order valence-electron chi connectivity index (χ2n) is 6.59. The molecule has 0 saturated carbocycles. The first kappa shape index (κ1) is 18.3. The van der Waals surface area contributed by atoms with E-state index >= 15 is 0 Å². The van der Waals surface area contributed by atoms with Gasteiger partial charge in [-0.1, -0.05) is 6.07 Å². The van der Waals surface area contributed by atoms with Gasteiger partial charge >= 0.3 is 6.18 Å². The van der Waals surface area contributed by atoms with E-state index in [1.54, 1.807) is 25.4 Å². The molecule has 3 rings (SSSR count). The van der Waals surface area contributed by atoms with Crippen LogP contribution in [0.2, 0.25) is 0 Å². The molecule has 0 amide bonds. The zero-order valence-corrected chi connectivity index (χ0v) is 14.6. The number of hydrogen-bond acceptors (Lipinski definition) is 3. The van der Waals surface area contributed by atoms with E-state index in [2.05, 4.69) is 5.32 Å². The Balaban J connectivity index is 2.37. The summed E-state index contributed by atoms with van der Waals surface area (Å²) in [6, 6.07) is 7.97. The lowest BCUT2D eigenvalue weighted by molar-refractivity contribution is -0.137. The van der Waals surface area contributed by atoms with E-state index in [4.69, 9.17) is 4.74 Å². The van der Waals surface area contributed by atoms with Crippen LogP contribution in [0, 0.1) is 0 Å². The van der Waals surface area contributed by atoms with Crippen LogP contribution in [-0.4, -0.2) is 23.8 Å². The van der Waals surface area contributed by atoms with Crippen molar-refractivity contribution in [3.05, 3.63) is 69.6 Å². The fourth-order valence-electron chi connectivity index (χ4n) is 3.13. The number of halogens is 3. The standard InChI is InChI=1S/C19H19F3N2O2/c1-18(2)14(11-23-3)17(24-9-5-4-6-16(24)25)13-10-12(19(20,21)22)7-8-15(13)26-18/h4-10,23H,11H2,1-3H3. The van der Waals surface area contributed by atoms with Crippen LogP contribution in [-0.2, 0) is 6.18 Å². The maximum absolute atomic E-state index is 13.2. The molecule has 1 aromatic heterocycles. The van der Waals surface area contributed by atoms with Gasteiger partial charge in [0, 0.05) is 29.9 Å². The number of nitrogens with zero attached hydrogens (tertiary/aromatic N) is 1. The summed E-state index contributed by atoms with van der Waals surface area (Å²) in [4.78, 5) is 12.4. The quantitative estimate of drug-likeness (QED) is 0.906. The van der Waals surface area contributed by atoms with Gasteiger partial charge in [-0.2, -0.15) is 13.2 Å². The Hall–Kier alpha value is -2.54. The minimum Gasteiger partial charge on any atom is -0.483 e. The van der Waals surface area contributed by atoms with Crippen molar-refractivity contribution >= 4 is 5.70 Å². The van der Waals surface area contributed by atoms with Gasteiger partial charge in [0.05, 0.1) is 11.3 Å². The molecular formula is C19H19F3N2O2. The van der Waals surface area contributed by atoms with Gasteiger partial charge in [0.25, 0.3) is 5.56 Å². The van der Waals surface area contributed by atoms with Gasteiger partial charge in [-0.15, -0.1) is 0 Å². The zero-order valence-electron chi connectivity index (χ0n) is 14.6. The summed E-state index contributed by atoms with van der Waals surface area (Å²) >= 11 is 0. The van der Waals surface area contributed by atoms with Crippen LogP contribution >= 0.6 is 0 Å². The molecule has 2 aromatic rings. The molecule has 1 aliphatic heterocycles. The molecule has 1 aliphatic rings. The van der Waals surface area contributed by atoms with Gasteiger partial charge in [-0.05, 0) is 45.2 Å². The van der Waals surface area contributed by atoms with Crippen LogP contribution < -0.4 is 15.6 Å². The van der Waals surface area contributed by atoms with Crippen molar-refractivity contribution in [2.24, 2.45) is 0 Å². The molecule has 138 valence electrons. The van der Waals surface area contributed by atoms with Crippen LogP contribution in [0.3, 0.4) is 0 Å². The number of alkyl halides is 3. The Labute approximate surface area is 148 Å². The fourth-order valence-corrected chi connectivity index (χ4v) is 3.13. The van der Waals surface area contributed by atoms with Gasteiger partial charge in [0.1, 0.15) is 11.4 Å². The highest BCUT2D eigenvalue weighted by Crippen LogP contribution is 2.43. The van der Waals surface area contributed by atoms with Crippen molar-refractivity contribution < 1.29 is 17.9 Å². The number of nitrogens with one attached hydrogen (secondary N) is 1. The first-order valence-corrected chi connectivity index (χ1v) is 8.12. The van der Waals surface area contributed by atoms with Gasteiger partial charge in [0.15, 0.2) is 0 Å². The molecule has 1 aromatic carbocycles. The molecule has 2 heterocycles. The maximum atomic E-state index is 13.2. The summed E-state index contributed by atoms with van der Waals surface area (Å²) < 4.78 is 47.0. The Bertz CT molecular complexity index is 927. The van der Waals surface area contributed by atoms with Crippen molar-refractivity contribution in [1.29, 1.82) is 0 Å². The minimum atomic E-state index is -4.49. The predicted molar refractivity (Wildman–Crippen MR) is 93.1 cm³/mol. The summed E-state index contributed by atoms with van der Waals surface area (Å²) in [5.74, 6) is 0.314. The van der Waals surface area contributed by atoms with Crippen molar-refractivity contribution in [2.45, 2.75) is 25.6 Å². The van der Waals surface area contributed by atoms with Gasteiger partial charge in [0.2, 0.25) is 0 Å². The van der Waals surface area contributed by atoms with E-state index in [1.807, 2.05) is 13.8 Å². The number of rotatable bonds is 3. The topological polar surface area (TPSA) is 43.3 Å². The van der Waals surface area contributed by atoms with E-state index in [1.165, 1.54) is 16.7 Å². The first-order chi connectivity index (χ1) is 12.1. The SMILES string of the molecule is CNCC1=C(n2ccccc2=O)c2cc(C(F)(F)F)ccc2OC1(C)C. The number of benzene rings is 1. The smallest absolute Gasteiger partial charge is 0.416 e. The lowest BCUT2D eigenvalue weighted by Gasteiger charge is -2.37. The van der Waals surface area contributed by atoms with Crippen molar-refractivity contribution in [3.8, 4) is 5.75 Å². The van der Waals surface area contributed by atoms with Gasteiger partial charge in [-0.25, -0.2) is 0 Å². The lowest BCUT2D eigenvalue weighted by Crippen LogP contribution is -2.40. The molecule has 26 heavy (non-hydrogen) atoms. The molecule has 0 unspecified atom stereocenters. The molecule has 4 nitrogen and oxygen atoms in total. The second kappa shape index (κ2) is 6.32. The lowest BCUT2D eigenvalue weighted by atomic mass is 9.88. The van der Waals surface area contributed by atoms with Gasteiger partial charge in [-0.3, -0.25) is 9.36 Å². The Morgan fingerprint density at radius 1 is 1.19 bits per heavy atom. The Kier molecular flexibility index (Phi) is 4.44. The highest BCUT2D eigenvalue weighted by Gasteiger charge is 2.38. The van der Waals surface area contributed by atoms with Crippen LogP contribution in [0.25, 0.3) is 5.70 Å². The third kappa shape index (κ3) is 3.14. The van der Waals surface area contributed by atoms with E-state index in [0.717, 1.165) is 12.1 Å². The second-order valence-corrected chi connectivity index (χ2v) is 6.59. The number of ether oxygens (including phenoxy) is 1. The number of hydrogen-bond donors (Lipinski definition) is 1. The number of aromatic nitrogens is 1. The summed E-state index contributed by atoms with van der Waals surface area (Å²) in [7, 11) is 1.73. The van der Waals surface area contributed by atoms with Crippen LogP contribution in [0.4, 0.5) is 13.2 Å². The van der Waals surface area contributed by atoms with Crippen LogP contribution in [0.1, 0.15) is 25.0 Å². The third-order valence-corrected chi connectivity index (χ3v) is 4.36. The summed E-state index contributed by atoms with van der Waals surface area (Å²) in [5, 5.41) is 3.01. The molecular weight excluding hydrogens is 345 g/mol. The molecule has 0 fully saturated rings. The summed E-state index contributed by atoms with van der Waals surface area (Å²) in [6.45, 7) is 4.02. The average molecular weight is 364 g/mol. The summed E-state index contributed by atoms with van der Waals surface area (Å²) in [5.41, 5.74) is -0.539. The number of pyridine rings is 1. The van der Waals surface area contributed by atoms with Crippen molar-refractivity contribution in [3.63, 3.8) is 0 Å². The molecule has 0 radical (unpaired) electrons. The molecule has 0 atom stereocenters. The number of likely N-dealkylation sites (N-methyl/N-ethyl adjacent to an activating group) is 1. The normalized spacial score (nSPS) is 16.2. The molecule has 0 saturated heterocycles. The molecule has 1 N–H and O–H groups in total. The molecule has 0 bridgehead atoms. The van der Waals surface area contributed by atoms with Crippen molar-refractivity contribution in [1.82, 2.24) is 9.88 Å². The average Bonchev–Trinajstić information content (AvgIpc) is 2.55. The monoisotopic (exact) mass is 364 g/mol. The largest absolute Gasteiger partial charge is 0.483 e. The zero-order chi connectivity index (χ0) is 19.1. The summed E-state index contributed by atoms with van der Waals surface area (Å²) in [6.07, 6.45) is -2.93. The molecule has 7 heteroatoms. The maximum Gasteiger partial charge on any atom is 0.416 e. The van der Waals surface area contributed by atoms with Crippen LogP contribution in [0.5, 0.6) is 5.75 Å². The molecule has 0 aliphatic carbocycles. The fraction of sp³-hybridized carbons (Fsp3) is 0.316. The highest BCUT2D eigenvalue weighted by molar-refractivity contribution is 5.77. The predicted octanol–water partition coefficient (Wildman–Crippen LogP) is 3.52. The van der Waals surface area contributed by atoms with E-state index < -0.39 is 17.3 Å². The number of fused-ring (bicyclic) bond motifs is 1. The first-order valence-electron chi connectivity index (χ1n) is 8.12. The highest BCUT2D eigenvalue weighted by atomic mass is 19.4. The Morgan fingerprint density at radius 3 is 2.54 bits per heavy atom. The Morgan fingerprint density at radius 2 is 1.92 bits per heavy atom. The van der Waals surface area contributed by atoms with Crippen LogP contribution in [0.15, 0.2) is 53.0 Å². The van der Waals surface area contributed by atoms with Crippen molar-refractivity contribution in [2.75, 3.05) is 13.6 Å². The van der Waals surface area contributed by atoms with E-state index in [0.29, 0.717) is 23.6 Å². The van der Waals surface area contributed by atoms with E-state index in [9.17, 15) is 18.0 Å². The third-order valence-electron chi connectivity index (χ3n) is 4.36. The van der Waals surface area contributed by atoms with Gasteiger partial charge < -0.3 is 10.1 Å².